The van der Waals surface area contributed by atoms with Crippen molar-refractivity contribution in [1.29, 1.82) is 0 Å². The molecule has 1 aliphatic heterocycles. The highest BCUT2D eigenvalue weighted by molar-refractivity contribution is 6.31. The molecule has 5 rings (SSSR count). The van der Waals surface area contributed by atoms with E-state index in [1.807, 2.05) is 47.4 Å². The van der Waals surface area contributed by atoms with E-state index in [9.17, 15) is 9.59 Å². The van der Waals surface area contributed by atoms with Crippen LogP contribution in [-0.2, 0) is 15.0 Å². The Bertz CT molecular complexity index is 1470. The molecule has 1 N–H and O–H groups in total. The van der Waals surface area contributed by atoms with E-state index in [4.69, 9.17) is 23.2 Å². The largest absolute Gasteiger partial charge is 0.357 e. The van der Waals surface area contributed by atoms with E-state index < -0.39 is 6.04 Å². The zero-order valence-electron chi connectivity index (χ0n) is 24.3. The second kappa shape index (κ2) is 12.0. The highest BCUT2D eigenvalue weighted by atomic mass is 35.5. The van der Waals surface area contributed by atoms with Crippen LogP contribution in [0.3, 0.4) is 0 Å². The number of amides is 1. The smallest absolute Gasteiger partial charge is 0.227 e. The number of nitrogens with zero attached hydrogens (tertiary/aromatic N) is 1. The maximum Gasteiger partial charge on any atom is 0.227 e. The molecule has 0 spiro atoms. The van der Waals surface area contributed by atoms with Crippen molar-refractivity contribution in [3.8, 4) is 0 Å². The summed E-state index contributed by atoms with van der Waals surface area (Å²) in [5, 5.41) is 4.83. The van der Waals surface area contributed by atoms with Gasteiger partial charge in [-0.1, -0.05) is 100 Å². The number of nitrogens with one attached hydrogen (secondary N) is 1. The quantitative estimate of drug-likeness (QED) is 0.291. The van der Waals surface area contributed by atoms with E-state index in [1.54, 1.807) is 0 Å². The summed E-state index contributed by atoms with van der Waals surface area (Å²) in [6.45, 7) is 8.68. The minimum atomic E-state index is -0.540. The molecule has 3 aromatic carbocycles. The fourth-order valence-corrected chi connectivity index (χ4v) is 6.29. The Morgan fingerprint density at radius 2 is 1.56 bits per heavy atom. The van der Waals surface area contributed by atoms with Gasteiger partial charge in [0.1, 0.15) is 0 Å². The summed E-state index contributed by atoms with van der Waals surface area (Å²) in [5.41, 5.74) is 6.18. The number of benzene rings is 3. The molecule has 3 aromatic rings. The van der Waals surface area contributed by atoms with Crippen LogP contribution in [0, 0.1) is 0 Å². The third-order valence-electron chi connectivity index (χ3n) is 8.24. The van der Waals surface area contributed by atoms with Gasteiger partial charge < -0.3 is 5.32 Å². The van der Waals surface area contributed by atoms with Crippen molar-refractivity contribution in [2.45, 2.75) is 83.6 Å². The van der Waals surface area contributed by atoms with Crippen molar-refractivity contribution in [2.24, 2.45) is 0 Å². The first kappa shape index (κ1) is 29.4. The van der Waals surface area contributed by atoms with Gasteiger partial charge in [0, 0.05) is 34.2 Å². The van der Waals surface area contributed by atoms with Gasteiger partial charge in [-0.05, 0) is 71.2 Å². The van der Waals surface area contributed by atoms with Crippen molar-refractivity contribution in [1.82, 2.24) is 0 Å². The third-order valence-corrected chi connectivity index (χ3v) is 8.73. The van der Waals surface area contributed by atoms with Gasteiger partial charge in [0.2, 0.25) is 5.91 Å². The maximum absolute atomic E-state index is 14.2. The first-order valence-corrected chi connectivity index (χ1v) is 15.3. The molecular formula is C35H38Cl2N2O2. The Balaban J connectivity index is 1.68. The standard InChI is InChI=1S/C35H38Cl2N2O2/c1-5-6-7-8-32(41)39-30-18-17-27(37)21-28(30)38-29-19-24(22-11-15-26(36)16-12-22)20-31(40)33(29)34(39)23-9-13-25(14-10-23)35(2,3)4/h9-18,21,24,34,38H,5-8,19-20H2,1-4H3/t24-,34+/m1/s1. The molecular weight excluding hydrogens is 551 g/mol. The van der Waals surface area contributed by atoms with Crippen LogP contribution >= 0.6 is 23.2 Å². The van der Waals surface area contributed by atoms with Crippen LogP contribution in [0.15, 0.2) is 78.0 Å². The summed E-state index contributed by atoms with van der Waals surface area (Å²) in [4.78, 5) is 30.2. The molecule has 4 nitrogen and oxygen atoms in total. The molecule has 6 heteroatoms. The number of hydrogen-bond donors (Lipinski definition) is 1. The Labute approximate surface area is 253 Å². The SMILES string of the molecule is CCCCCC(=O)N1c2ccc(Cl)cc2NC2=C(C(=O)C[C@H](c3ccc(Cl)cc3)C2)[C@@H]1c1ccc(C(C)(C)C)cc1. The highest BCUT2D eigenvalue weighted by Gasteiger charge is 2.41. The molecule has 0 saturated heterocycles. The van der Waals surface area contributed by atoms with Crippen LogP contribution in [0.4, 0.5) is 11.4 Å². The predicted molar refractivity (Wildman–Crippen MR) is 170 cm³/mol. The van der Waals surface area contributed by atoms with Crippen molar-refractivity contribution in [3.63, 3.8) is 0 Å². The Hall–Kier alpha value is -3.08. The molecule has 0 bridgehead atoms. The second-order valence-electron chi connectivity index (χ2n) is 12.3. The van der Waals surface area contributed by atoms with Gasteiger partial charge in [0.25, 0.3) is 0 Å². The molecule has 0 unspecified atom stereocenters. The van der Waals surface area contributed by atoms with Gasteiger partial charge in [-0.2, -0.15) is 0 Å². The third kappa shape index (κ3) is 6.24. The number of Topliss-reactive ketones (excluding diaryl/α,β-unsaturated/α-hetero) is 1. The van der Waals surface area contributed by atoms with Gasteiger partial charge in [0.15, 0.2) is 5.78 Å². The number of anilines is 2. The average Bonchev–Trinajstić information content (AvgIpc) is 3.07. The molecule has 41 heavy (non-hydrogen) atoms. The maximum atomic E-state index is 14.2. The number of fused-ring (bicyclic) bond motifs is 1. The number of rotatable bonds is 6. The van der Waals surface area contributed by atoms with E-state index in [1.165, 1.54) is 5.56 Å². The Morgan fingerprint density at radius 3 is 2.22 bits per heavy atom. The summed E-state index contributed by atoms with van der Waals surface area (Å²) in [7, 11) is 0. The minimum absolute atomic E-state index is 0.00405. The molecule has 1 heterocycles. The van der Waals surface area contributed by atoms with E-state index in [0.29, 0.717) is 34.9 Å². The second-order valence-corrected chi connectivity index (χ2v) is 13.1. The van der Waals surface area contributed by atoms with Gasteiger partial charge in [-0.3, -0.25) is 14.5 Å². The lowest BCUT2D eigenvalue weighted by Gasteiger charge is -2.35. The summed E-state index contributed by atoms with van der Waals surface area (Å²) in [6, 6.07) is 21.2. The number of unbranched alkanes of at least 4 members (excludes halogenated alkanes) is 2. The van der Waals surface area contributed by atoms with Crippen molar-refractivity contribution in [3.05, 3.63) is 105 Å². The molecule has 0 radical (unpaired) electrons. The number of ketones is 1. The Kier molecular flexibility index (Phi) is 8.63. The molecule has 0 aromatic heterocycles. The molecule has 214 valence electrons. The van der Waals surface area contributed by atoms with E-state index >= 15 is 0 Å². The van der Waals surface area contributed by atoms with Crippen molar-refractivity contribution >= 4 is 46.3 Å². The number of carbonyl (C=O) groups is 2. The van der Waals surface area contributed by atoms with Gasteiger partial charge in [0.05, 0.1) is 17.4 Å². The summed E-state index contributed by atoms with van der Waals surface area (Å²) < 4.78 is 0. The summed E-state index contributed by atoms with van der Waals surface area (Å²) in [5.74, 6) is 0.0633. The van der Waals surface area contributed by atoms with Gasteiger partial charge in [-0.25, -0.2) is 0 Å². The summed E-state index contributed by atoms with van der Waals surface area (Å²) in [6.07, 6.45) is 4.23. The van der Waals surface area contributed by atoms with Crippen molar-refractivity contribution in [2.75, 3.05) is 10.2 Å². The van der Waals surface area contributed by atoms with Crippen LogP contribution in [0.1, 0.15) is 94.9 Å². The number of carbonyl (C=O) groups excluding carboxylic acids is 2. The Morgan fingerprint density at radius 1 is 0.902 bits per heavy atom. The van der Waals surface area contributed by atoms with Crippen LogP contribution in [0.25, 0.3) is 0 Å². The fourth-order valence-electron chi connectivity index (χ4n) is 5.99. The lowest BCUT2D eigenvalue weighted by molar-refractivity contribution is -0.119. The summed E-state index contributed by atoms with van der Waals surface area (Å²) >= 11 is 12.6. The zero-order chi connectivity index (χ0) is 29.3. The van der Waals surface area contributed by atoms with Gasteiger partial charge >= 0.3 is 0 Å². The topological polar surface area (TPSA) is 49.4 Å². The molecule has 0 fully saturated rings. The normalized spacial score (nSPS) is 18.9. The number of halogens is 2. The van der Waals surface area contributed by atoms with E-state index in [2.05, 4.69) is 57.3 Å². The molecule has 2 aliphatic rings. The highest BCUT2D eigenvalue weighted by Crippen LogP contribution is 2.48. The van der Waals surface area contributed by atoms with Crippen LogP contribution < -0.4 is 10.2 Å². The average molecular weight is 590 g/mol. The molecule has 2 atom stereocenters. The lowest BCUT2D eigenvalue weighted by atomic mass is 9.77. The molecule has 1 amide bonds. The predicted octanol–water partition coefficient (Wildman–Crippen LogP) is 9.77. The number of hydrogen-bond acceptors (Lipinski definition) is 3. The zero-order valence-corrected chi connectivity index (χ0v) is 25.8. The molecule has 0 saturated carbocycles. The fraction of sp³-hybridized carbons (Fsp3) is 0.371. The number of allylic oxidation sites excluding steroid dienone is 1. The van der Waals surface area contributed by atoms with E-state index in [0.717, 1.165) is 47.5 Å². The monoisotopic (exact) mass is 588 g/mol. The van der Waals surface area contributed by atoms with Gasteiger partial charge in [-0.15, -0.1) is 0 Å². The van der Waals surface area contributed by atoms with Crippen LogP contribution in [-0.4, -0.2) is 11.7 Å². The first-order valence-electron chi connectivity index (χ1n) is 14.6. The lowest BCUT2D eigenvalue weighted by Crippen LogP contribution is -2.38. The van der Waals surface area contributed by atoms with Crippen LogP contribution in [0.2, 0.25) is 10.0 Å². The van der Waals surface area contributed by atoms with Crippen molar-refractivity contribution < 1.29 is 9.59 Å². The van der Waals surface area contributed by atoms with Crippen LogP contribution in [0.5, 0.6) is 0 Å². The van der Waals surface area contributed by atoms with E-state index in [-0.39, 0.29) is 23.0 Å². The first-order chi connectivity index (χ1) is 19.6. The molecule has 1 aliphatic carbocycles. The minimum Gasteiger partial charge on any atom is -0.357 e.